The zero-order valence-corrected chi connectivity index (χ0v) is 9.66. The molecule has 0 aliphatic rings. The fraction of sp³-hybridized carbons (Fsp3) is 0.231. The molecule has 0 radical (unpaired) electrons. The highest BCUT2D eigenvalue weighted by molar-refractivity contribution is 5.91. The summed E-state index contributed by atoms with van der Waals surface area (Å²) >= 11 is 0. The molecule has 0 amide bonds. The molecule has 2 rings (SSSR count). The number of hydrogen-bond donors (Lipinski definition) is 1. The van der Waals surface area contributed by atoms with Crippen LogP contribution in [0.25, 0.3) is 11.3 Å². The van der Waals surface area contributed by atoms with Crippen LogP contribution in [0.1, 0.15) is 28.8 Å². The van der Waals surface area contributed by atoms with E-state index in [2.05, 4.69) is 9.97 Å². The SMILES string of the molecule is CC(=O)c1nc(-c2ccc(C)cc2)c(C)[nH]1. The monoisotopic (exact) mass is 214 g/mol. The molecule has 0 aliphatic heterocycles. The smallest absolute Gasteiger partial charge is 0.195 e. The van der Waals surface area contributed by atoms with Crippen molar-refractivity contribution in [1.29, 1.82) is 0 Å². The molecule has 2 aromatic rings. The number of carbonyl (C=O) groups is 1. The molecule has 1 aromatic carbocycles. The Kier molecular flexibility index (Phi) is 2.60. The van der Waals surface area contributed by atoms with Gasteiger partial charge in [-0.1, -0.05) is 29.8 Å². The Morgan fingerprint density at radius 1 is 1.19 bits per heavy atom. The van der Waals surface area contributed by atoms with E-state index in [-0.39, 0.29) is 5.78 Å². The minimum absolute atomic E-state index is 0.0403. The van der Waals surface area contributed by atoms with Crippen LogP contribution >= 0.6 is 0 Å². The van der Waals surface area contributed by atoms with E-state index >= 15 is 0 Å². The highest BCUT2D eigenvalue weighted by atomic mass is 16.1. The van der Waals surface area contributed by atoms with Gasteiger partial charge in [-0.2, -0.15) is 0 Å². The van der Waals surface area contributed by atoms with E-state index in [1.165, 1.54) is 12.5 Å². The number of ketones is 1. The topological polar surface area (TPSA) is 45.8 Å². The lowest BCUT2D eigenvalue weighted by Gasteiger charge is -1.98. The zero-order chi connectivity index (χ0) is 11.7. The van der Waals surface area contributed by atoms with E-state index in [9.17, 15) is 4.79 Å². The minimum Gasteiger partial charge on any atom is -0.339 e. The second-order valence-electron chi connectivity index (χ2n) is 3.98. The number of Topliss-reactive ketones (excluding diaryl/α,β-unsaturated/α-hetero) is 1. The summed E-state index contributed by atoms with van der Waals surface area (Å²) in [5, 5.41) is 0. The van der Waals surface area contributed by atoms with Gasteiger partial charge in [0, 0.05) is 18.2 Å². The minimum atomic E-state index is -0.0403. The van der Waals surface area contributed by atoms with Crippen LogP contribution in [0.15, 0.2) is 24.3 Å². The summed E-state index contributed by atoms with van der Waals surface area (Å²) in [6.45, 7) is 5.48. The number of H-pyrrole nitrogens is 1. The van der Waals surface area contributed by atoms with Gasteiger partial charge in [0.25, 0.3) is 0 Å². The summed E-state index contributed by atoms with van der Waals surface area (Å²) in [5.41, 5.74) is 4.02. The molecule has 0 atom stereocenters. The number of nitrogens with zero attached hydrogens (tertiary/aromatic N) is 1. The van der Waals surface area contributed by atoms with Gasteiger partial charge in [0.2, 0.25) is 0 Å². The lowest BCUT2D eigenvalue weighted by atomic mass is 10.1. The van der Waals surface area contributed by atoms with Crippen molar-refractivity contribution in [3.05, 3.63) is 41.3 Å². The number of carbonyl (C=O) groups excluding carboxylic acids is 1. The van der Waals surface area contributed by atoms with Gasteiger partial charge in [0.05, 0.1) is 5.69 Å². The number of imidazole rings is 1. The van der Waals surface area contributed by atoms with E-state index in [4.69, 9.17) is 0 Å². The van der Waals surface area contributed by atoms with E-state index in [0.717, 1.165) is 17.0 Å². The molecule has 0 bridgehead atoms. The molecule has 1 heterocycles. The Balaban J connectivity index is 2.47. The van der Waals surface area contributed by atoms with Crippen molar-refractivity contribution in [2.45, 2.75) is 20.8 Å². The van der Waals surface area contributed by atoms with E-state index in [0.29, 0.717) is 5.82 Å². The van der Waals surface area contributed by atoms with Gasteiger partial charge < -0.3 is 4.98 Å². The van der Waals surface area contributed by atoms with Crippen LogP contribution in [0.4, 0.5) is 0 Å². The summed E-state index contributed by atoms with van der Waals surface area (Å²) in [6.07, 6.45) is 0. The lowest BCUT2D eigenvalue weighted by Crippen LogP contribution is -1.94. The maximum Gasteiger partial charge on any atom is 0.195 e. The van der Waals surface area contributed by atoms with Crippen LogP contribution in [0.3, 0.4) is 0 Å². The van der Waals surface area contributed by atoms with Crippen molar-refractivity contribution >= 4 is 5.78 Å². The third-order valence-electron chi connectivity index (χ3n) is 2.54. The first-order valence-electron chi connectivity index (χ1n) is 5.22. The fourth-order valence-corrected chi connectivity index (χ4v) is 1.62. The maximum atomic E-state index is 11.2. The molecule has 0 saturated heterocycles. The standard InChI is InChI=1S/C13H14N2O/c1-8-4-6-11(7-5-8)12-9(2)14-13(15-12)10(3)16/h4-7H,1-3H3,(H,14,15). The number of aromatic amines is 1. The van der Waals surface area contributed by atoms with Gasteiger partial charge in [-0.05, 0) is 13.8 Å². The number of rotatable bonds is 2. The molecule has 16 heavy (non-hydrogen) atoms. The summed E-state index contributed by atoms with van der Waals surface area (Å²) in [5.74, 6) is 0.384. The Labute approximate surface area is 94.5 Å². The second-order valence-corrected chi connectivity index (χ2v) is 3.98. The summed E-state index contributed by atoms with van der Waals surface area (Å²) in [7, 11) is 0. The molecule has 0 aliphatic carbocycles. The molecule has 0 spiro atoms. The Hall–Kier alpha value is -1.90. The lowest BCUT2D eigenvalue weighted by molar-refractivity contribution is 0.100. The predicted molar refractivity (Wildman–Crippen MR) is 63.5 cm³/mol. The third-order valence-corrected chi connectivity index (χ3v) is 2.54. The highest BCUT2D eigenvalue weighted by Gasteiger charge is 2.11. The third kappa shape index (κ3) is 1.89. The normalized spacial score (nSPS) is 10.4. The van der Waals surface area contributed by atoms with E-state index < -0.39 is 0 Å². The van der Waals surface area contributed by atoms with Crippen molar-refractivity contribution in [3.63, 3.8) is 0 Å². The van der Waals surface area contributed by atoms with Crippen molar-refractivity contribution in [2.24, 2.45) is 0 Å². The van der Waals surface area contributed by atoms with Gasteiger partial charge in [-0.15, -0.1) is 0 Å². The Morgan fingerprint density at radius 3 is 2.31 bits per heavy atom. The molecule has 0 saturated carbocycles. The van der Waals surface area contributed by atoms with Crippen molar-refractivity contribution in [3.8, 4) is 11.3 Å². The molecule has 1 aromatic heterocycles. The molecule has 3 nitrogen and oxygen atoms in total. The second kappa shape index (κ2) is 3.93. The molecular formula is C13H14N2O. The highest BCUT2D eigenvalue weighted by Crippen LogP contribution is 2.21. The quantitative estimate of drug-likeness (QED) is 0.781. The Bertz CT molecular complexity index is 523. The van der Waals surface area contributed by atoms with Gasteiger partial charge in [0.1, 0.15) is 0 Å². The van der Waals surface area contributed by atoms with Crippen LogP contribution in [0.2, 0.25) is 0 Å². The van der Waals surface area contributed by atoms with E-state index in [1.54, 1.807) is 0 Å². The van der Waals surface area contributed by atoms with Crippen LogP contribution in [-0.2, 0) is 0 Å². The average Bonchev–Trinajstić information content (AvgIpc) is 2.62. The van der Waals surface area contributed by atoms with Crippen molar-refractivity contribution in [1.82, 2.24) is 9.97 Å². The predicted octanol–water partition coefficient (Wildman–Crippen LogP) is 2.90. The fourth-order valence-electron chi connectivity index (χ4n) is 1.62. The Morgan fingerprint density at radius 2 is 1.81 bits per heavy atom. The molecule has 3 heteroatoms. The first-order valence-corrected chi connectivity index (χ1v) is 5.22. The first-order chi connectivity index (χ1) is 7.58. The molecule has 1 N–H and O–H groups in total. The number of hydrogen-bond acceptors (Lipinski definition) is 2. The van der Waals surface area contributed by atoms with Crippen molar-refractivity contribution < 1.29 is 4.79 Å². The number of aromatic nitrogens is 2. The maximum absolute atomic E-state index is 11.2. The van der Waals surface area contributed by atoms with Gasteiger partial charge in [0.15, 0.2) is 11.6 Å². The van der Waals surface area contributed by atoms with Gasteiger partial charge in [-0.3, -0.25) is 4.79 Å². The summed E-state index contributed by atoms with van der Waals surface area (Å²) in [4.78, 5) is 18.5. The summed E-state index contributed by atoms with van der Waals surface area (Å²) in [6, 6.07) is 8.11. The van der Waals surface area contributed by atoms with Crippen LogP contribution in [-0.4, -0.2) is 15.8 Å². The van der Waals surface area contributed by atoms with Gasteiger partial charge in [-0.25, -0.2) is 4.98 Å². The molecule has 0 fully saturated rings. The number of nitrogens with one attached hydrogen (secondary N) is 1. The first kappa shape index (κ1) is 10.6. The average molecular weight is 214 g/mol. The molecular weight excluding hydrogens is 200 g/mol. The summed E-state index contributed by atoms with van der Waals surface area (Å²) < 4.78 is 0. The van der Waals surface area contributed by atoms with E-state index in [1.807, 2.05) is 38.1 Å². The van der Waals surface area contributed by atoms with Crippen LogP contribution in [0.5, 0.6) is 0 Å². The van der Waals surface area contributed by atoms with Crippen LogP contribution in [0, 0.1) is 13.8 Å². The largest absolute Gasteiger partial charge is 0.339 e. The number of aryl methyl sites for hydroxylation is 2. The van der Waals surface area contributed by atoms with Gasteiger partial charge >= 0.3 is 0 Å². The zero-order valence-electron chi connectivity index (χ0n) is 9.66. The van der Waals surface area contributed by atoms with Crippen LogP contribution < -0.4 is 0 Å². The van der Waals surface area contributed by atoms with Crippen molar-refractivity contribution in [2.75, 3.05) is 0 Å². The molecule has 82 valence electrons. The number of benzene rings is 1. The molecule has 0 unspecified atom stereocenters.